The first-order valence-electron chi connectivity index (χ1n) is 13.8. The number of halogens is 2. The number of carbonyl (C=O) groups excluding carboxylic acids is 1. The fourth-order valence-electron chi connectivity index (χ4n) is 4.63. The zero-order valence-electron chi connectivity index (χ0n) is 23.6. The van der Waals surface area contributed by atoms with E-state index in [4.69, 9.17) is 47.9 Å². The number of benzene rings is 2. The Morgan fingerprint density at radius 1 is 1.00 bits per heavy atom. The average Bonchev–Trinajstić information content (AvgIpc) is 3.44. The first-order chi connectivity index (χ1) is 20.4. The van der Waals surface area contributed by atoms with Gasteiger partial charge in [0, 0.05) is 41.2 Å². The number of hydrogen-bond donors (Lipinski definition) is 2. The van der Waals surface area contributed by atoms with Crippen LogP contribution in [0.5, 0.6) is 0 Å². The molecular weight excluding hydrogens is 585 g/mol. The first-order valence-corrected chi connectivity index (χ1v) is 14.5. The molecule has 0 aliphatic carbocycles. The molecule has 1 aliphatic rings. The van der Waals surface area contributed by atoms with Crippen LogP contribution in [0.15, 0.2) is 36.4 Å². The van der Waals surface area contributed by atoms with Crippen LogP contribution in [0.3, 0.4) is 0 Å². The predicted octanol–water partition coefficient (Wildman–Crippen LogP) is 2.96. The zero-order valence-corrected chi connectivity index (χ0v) is 25.1. The van der Waals surface area contributed by atoms with Gasteiger partial charge in [-0.05, 0) is 47.2 Å². The van der Waals surface area contributed by atoms with Crippen molar-refractivity contribution >= 4 is 29.2 Å². The molecule has 2 aromatic carbocycles. The third-order valence-electron chi connectivity index (χ3n) is 6.59. The van der Waals surface area contributed by atoms with Gasteiger partial charge in [-0.15, -0.1) is 10.2 Å². The molecule has 0 fully saturated rings. The smallest absolute Gasteiger partial charge is 0.312 e. The van der Waals surface area contributed by atoms with E-state index in [9.17, 15) is 4.79 Å². The Balaban J connectivity index is 1.14. The fourth-order valence-corrected chi connectivity index (χ4v) is 5.20. The number of fused-ring (bicyclic) bond motifs is 1. The average molecular weight is 623 g/mol. The second-order valence-corrected chi connectivity index (χ2v) is 10.6. The minimum atomic E-state index is -0.564. The molecule has 12 nitrogen and oxygen atoms in total. The SMILES string of the molecule is CN1Cc2c(Cl)cc(Cl)cc2[C@H](c2cccc(-c3nnn(CCOCCOCCOCCOCCNC(N)=O)n3)c2)C1. The lowest BCUT2D eigenvalue weighted by atomic mass is 9.84. The number of nitrogens with one attached hydrogen (secondary N) is 1. The van der Waals surface area contributed by atoms with Crippen LogP contribution in [0.25, 0.3) is 11.4 Å². The van der Waals surface area contributed by atoms with Crippen LogP contribution >= 0.6 is 23.2 Å². The molecule has 0 radical (unpaired) electrons. The van der Waals surface area contributed by atoms with Gasteiger partial charge in [-0.25, -0.2) is 4.79 Å². The summed E-state index contributed by atoms with van der Waals surface area (Å²) in [6.45, 7) is 6.03. The largest absolute Gasteiger partial charge is 0.377 e. The second-order valence-electron chi connectivity index (χ2n) is 9.78. The van der Waals surface area contributed by atoms with Crippen LogP contribution in [-0.2, 0) is 32.0 Å². The van der Waals surface area contributed by atoms with Gasteiger partial charge in [0.1, 0.15) is 0 Å². The van der Waals surface area contributed by atoms with Crippen LogP contribution in [0.4, 0.5) is 4.79 Å². The molecule has 0 unspecified atom stereocenters. The van der Waals surface area contributed by atoms with E-state index in [0.717, 1.165) is 35.3 Å². The summed E-state index contributed by atoms with van der Waals surface area (Å²) in [5.74, 6) is 0.686. The van der Waals surface area contributed by atoms with Crippen LogP contribution in [-0.4, -0.2) is 104 Å². The minimum absolute atomic E-state index is 0.129. The van der Waals surface area contributed by atoms with E-state index < -0.39 is 6.03 Å². The number of ether oxygens (including phenoxy) is 4. The predicted molar refractivity (Wildman–Crippen MR) is 159 cm³/mol. The van der Waals surface area contributed by atoms with Crippen molar-refractivity contribution in [2.45, 2.75) is 19.0 Å². The minimum Gasteiger partial charge on any atom is -0.377 e. The molecular formula is C28H37Cl2N7O5. The summed E-state index contributed by atoms with van der Waals surface area (Å²) >= 11 is 12.9. The summed E-state index contributed by atoms with van der Waals surface area (Å²) in [7, 11) is 2.09. The molecule has 0 saturated heterocycles. The summed E-state index contributed by atoms with van der Waals surface area (Å²) in [4.78, 5) is 14.3. The number of hydrogen-bond acceptors (Lipinski definition) is 9. The van der Waals surface area contributed by atoms with Gasteiger partial charge in [-0.1, -0.05) is 41.4 Å². The van der Waals surface area contributed by atoms with Crippen molar-refractivity contribution in [1.82, 2.24) is 30.4 Å². The molecule has 0 saturated carbocycles. The highest BCUT2D eigenvalue weighted by atomic mass is 35.5. The lowest BCUT2D eigenvalue weighted by Crippen LogP contribution is -2.32. The van der Waals surface area contributed by atoms with Gasteiger partial charge >= 0.3 is 6.03 Å². The van der Waals surface area contributed by atoms with Gasteiger partial charge in [0.2, 0.25) is 5.82 Å². The molecule has 2 heterocycles. The number of carbonyl (C=O) groups is 1. The van der Waals surface area contributed by atoms with E-state index in [1.165, 1.54) is 4.80 Å². The summed E-state index contributed by atoms with van der Waals surface area (Å²) < 4.78 is 21.8. The van der Waals surface area contributed by atoms with Crippen molar-refractivity contribution in [3.63, 3.8) is 0 Å². The number of tetrazole rings is 1. The van der Waals surface area contributed by atoms with Crippen molar-refractivity contribution in [3.8, 4) is 11.4 Å². The molecule has 0 spiro atoms. The molecule has 1 aromatic heterocycles. The monoisotopic (exact) mass is 621 g/mol. The first kappa shape index (κ1) is 32.1. The van der Waals surface area contributed by atoms with Gasteiger partial charge < -0.3 is 34.9 Å². The molecule has 1 atom stereocenters. The van der Waals surface area contributed by atoms with Crippen LogP contribution in [0.1, 0.15) is 22.6 Å². The van der Waals surface area contributed by atoms with Gasteiger partial charge in [0.05, 0.1) is 59.4 Å². The summed E-state index contributed by atoms with van der Waals surface area (Å²) in [6, 6.07) is 11.5. The van der Waals surface area contributed by atoms with Gasteiger partial charge in [0.25, 0.3) is 0 Å². The molecule has 14 heteroatoms. The van der Waals surface area contributed by atoms with Gasteiger partial charge in [0.15, 0.2) is 0 Å². The van der Waals surface area contributed by atoms with E-state index in [2.05, 4.69) is 44.8 Å². The Hall–Kier alpha value is -2.84. The molecule has 4 rings (SSSR count). The van der Waals surface area contributed by atoms with Gasteiger partial charge in [-0.2, -0.15) is 4.80 Å². The third kappa shape index (κ3) is 9.87. The maximum atomic E-state index is 10.5. The normalized spacial score (nSPS) is 15.1. The van der Waals surface area contributed by atoms with Crippen LogP contribution in [0.2, 0.25) is 10.0 Å². The molecule has 3 N–H and O–H groups in total. The van der Waals surface area contributed by atoms with Crippen molar-refractivity contribution in [1.29, 1.82) is 0 Å². The number of primary amides is 1. The third-order valence-corrected chi connectivity index (χ3v) is 7.15. The fraction of sp³-hybridized carbons (Fsp3) is 0.500. The quantitative estimate of drug-likeness (QED) is 0.218. The van der Waals surface area contributed by atoms with E-state index in [-0.39, 0.29) is 5.92 Å². The standard InChI is InChI=1S/C28H37Cl2N7O5/c1-36-18-24(23-16-22(29)17-26(30)25(23)19-36)20-3-2-4-21(15-20)27-33-35-37(34-27)6-8-40-10-12-42-14-13-41-11-9-39-7-5-32-28(31)38/h2-4,15-17,24H,5-14,18-19H2,1H3,(H3,31,32,38)/t24-/m0/s1. The van der Waals surface area contributed by atoms with Crippen LogP contribution < -0.4 is 11.1 Å². The molecule has 1 aliphatic heterocycles. The van der Waals surface area contributed by atoms with Crippen LogP contribution in [0, 0.1) is 0 Å². The topological polar surface area (TPSA) is 139 Å². The summed E-state index contributed by atoms with van der Waals surface area (Å²) in [5.41, 5.74) is 9.27. The number of amides is 2. The van der Waals surface area contributed by atoms with E-state index in [1.807, 2.05) is 18.2 Å². The van der Waals surface area contributed by atoms with Crippen molar-refractivity contribution in [2.75, 3.05) is 73.0 Å². The number of likely N-dealkylation sites (N-methyl/N-ethyl adjacent to an activating group) is 1. The number of rotatable bonds is 17. The zero-order chi connectivity index (χ0) is 29.7. The van der Waals surface area contributed by atoms with Crippen molar-refractivity contribution in [2.24, 2.45) is 5.73 Å². The van der Waals surface area contributed by atoms with Crippen molar-refractivity contribution in [3.05, 3.63) is 63.1 Å². The maximum absolute atomic E-state index is 10.5. The summed E-state index contributed by atoms with van der Waals surface area (Å²) in [6.07, 6.45) is 0. The number of aromatic nitrogens is 4. The molecule has 42 heavy (non-hydrogen) atoms. The summed E-state index contributed by atoms with van der Waals surface area (Å²) in [5, 5.41) is 16.8. The second kappa shape index (κ2) is 16.7. The van der Waals surface area contributed by atoms with E-state index in [1.54, 1.807) is 6.07 Å². The Morgan fingerprint density at radius 2 is 1.69 bits per heavy atom. The van der Waals surface area contributed by atoms with Crippen molar-refractivity contribution < 1.29 is 23.7 Å². The number of nitrogens with two attached hydrogens (primary N) is 1. The highest BCUT2D eigenvalue weighted by Crippen LogP contribution is 2.39. The Labute approximate surface area is 255 Å². The van der Waals surface area contributed by atoms with E-state index in [0.29, 0.717) is 81.8 Å². The Kier molecular flexibility index (Phi) is 12.8. The Bertz CT molecular complexity index is 1300. The lowest BCUT2D eigenvalue weighted by Gasteiger charge is -2.33. The molecule has 228 valence electrons. The molecule has 3 aromatic rings. The molecule has 2 amide bonds. The molecule has 0 bridgehead atoms. The highest BCUT2D eigenvalue weighted by molar-refractivity contribution is 6.35. The maximum Gasteiger partial charge on any atom is 0.312 e. The Morgan fingerprint density at radius 3 is 2.40 bits per heavy atom. The number of urea groups is 1. The van der Waals surface area contributed by atoms with Gasteiger partial charge in [-0.3, -0.25) is 0 Å². The highest BCUT2D eigenvalue weighted by Gasteiger charge is 2.27. The number of nitrogens with zero attached hydrogens (tertiary/aromatic N) is 5. The van der Waals surface area contributed by atoms with E-state index >= 15 is 0 Å². The lowest BCUT2D eigenvalue weighted by molar-refractivity contribution is -0.00255.